The topological polar surface area (TPSA) is 55.1 Å². The minimum Gasteiger partial charge on any atom is -0.356 e. The summed E-state index contributed by atoms with van der Waals surface area (Å²) >= 11 is 0. The minimum atomic E-state index is 0.0105. The lowest BCUT2D eigenvalue weighted by Gasteiger charge is -2.25. The van der Waals surface area contributed by atoms with Crippen LogP contribution in [0.1, 0.15) is 39.0 Å². The van der Waals surface area contributed by atoms with Crippen molar-refractivity contribution in [2.45, 2.75) is 39.0 Å². The lowest BCUT2D eigenvalue weighted by atomic mass is 9.83. The van der Waals surface area contributed by atoms with Gasteiger partial charge in [0.2, 0.25) is 5.91 Å². The van der Waals surface area contributed by atoms with Gasteiger partial charge in [-0.25, -0.2) is 0 Å². The molecule has 3 nitrogen and oxygen atoms in total. The van der Waals surface area contributed by atoms with Crippen molar-refractivity contribution in [1.82, 2.24) is 5.32 Å². The highest BCUT2D eigenvalue weighted by Crippen LogP contribution is 2.28. The molecule has 0 heterocycles. The molecule has 0 radical (unpaired) electrons. The highest BCUT2D eigenvalue weighted by Gasteiger charge is 2.18. The zero-order chi connectivity index (χ0) is 10.4. The SMILES string of the molecule is CCC(CN)C(=O)NCCC1CCC1. The summed E-state index contributed by atoms with van der Waals surface area (Å²) in [6.45, 7) is 3.30. The predicted molar refractivity (Wildman–Crippen MR) is 57.8 cm³/mol. The number of nitrogens with one attached hydrogen (secondary N) is 1. The Morgan fingerprint density at radius 2 is 2.29 bits per heavy atom. The molecule has 3 heteroatoms. The van der Waals surface area contributed by atoms with Gasteiger partial charge < -0.3 is 11.1 Å². The zero-order valence-electron chi connectivity index (χ0n) is 9.09. The number of rotatable bonds is 6. The number of nitrogens with two attached hydrogens (primary N) is 1. The van der Waals surface area contributed by atoms with Gasteiger partial charge in [0.25, 0.3) is 0 Å². The third-order valence-electron chi connectivity index (χ3n) is 3.22. The van der Waals surface area contributed by atoms with Crippen LogP contribution in [0.3, 0.4) is 0 Å². The van der Waals surface area contributed by atoms with Gasteiger partial charge >= 0.3 is 0 Å². The van der Waals surface area contributed by atoms with Crippen molar-refractivity contribution in [2.24, 2.45) is 17.6 Å². The fourth-order valence-corrected chi connectivity index (χ4v) is 1.78. The molecule has 1 atom stereocenters. The van der Waals surface area contributed by atoms with E-state index in [0.29, 0.717) is 6.54 Å². The summed E-state index contributed by atoms with van der Waals surface area (Å²) in [6, 6.07) is 0. The van der Waals surface area contributed by atoms with Crippen molar-refractivity contribution in [1.29, 1.82) is 0 Å². The second kappa shape index (κ2) is 6.02. The Kier molecular flexibility index (Phi) is 4.94. The molecule has 0 aromatic heterocycles. The Bertz CT molecular complexity index is 174. The largest absolute Gasteiger partial charge is 0.356 e. The van der Waals surface area contributed by atoms with Crippen LogP contribution in [0.25, 0.3) is 0 Å². The quantitative estimate of drug-likeness (QED) is 0.675. The molecule has 3 N–H and O–H groups in total. The van der Waals surface area contributed by atoms with Gasteiger partial charge in [-0.05, 0) is 18.8 Å². The van der Waals surface area contributed by atoms with Gasteiger partial charge in [-0.1, -0.05) is 26.2 Å². The van der Waals surface area contributed by atoms with Gasteiger partial charge in [0.05, 0.1) is 0 Å². The molecular formula is C11H22N2O. The smallest absolute Gasteiger partial charge is 0.224 e. The molecule has 0 aliphatic heterocycles. The third-order valence-corrected chi connectivity index (χ3v) is 3.22. The molecule has 1 aliphatic carbocycles. The number of hydrogen-bond donors (Lipinski definition) is 2. The molecule has 1 fully saturated rings. The molecule has 0 aromatic carbocycles. The maximum Gasteiger partial charge on any atom is 0.224 e. The van der Waals surface area contributed by atoms with Crippen LogP contribution in [-0.4, -0.2) is 19.0 Å². The fourth-order valence-electron chi connectivity index (χ4n) is 1.78. The van der Waals surface area contributed by atoms with E-state index in [9.17, 15) is 4.79 Å². The van der Waals surface area contributed by atoms with Gasteiger partial charge in [-0.3, -0.25) is 4.79 Å². The van der Waals surface area contributed by atoms with Crippen LogP contribution in [0.15, 0.2) is 0 Å². The van der Waals surface area contributed by atoms with E-state index < -0.39 is 0 Å². The molecular weight excluding hydrogens is 176 g/mol. The molecule has 0 bridgehead atoms. The standard InChI is InChI=1S/C11H22N2O/c1-2-10(8-12)11(14)13-7-6-9-4-3-5-9/h9-10H,2-8,12H2,1H3,(H,13,14). The second-order valence-corrected chi connectivity index (χ2v) is 4.22. The van der Waals surface area contributed by atoms with E-state index >= 15 is 0 Å². The molecule has 1 rings (SSSR count). The first-order chi connectivity index (χ1) is 6.77. The summed E-state index contributed by atoms with van der Waals surface area (Å²) in [7, 11) is 0. The van der Waals surface area contributed by atoms with Crippen LogP contribution in [-0.2, 0) is 4.79 Å². The number of hydrogen-bond acceptors (Lipinski definition) is 2. The Balaban J connectivity index is 2.06. The second-order valence-electron chi connectivity index (χ2n) is 4.22. The predicted octanol–water partition coefficient (Wildman–Crippen LogP) is 1.28. The first kappa shape index (κ1) is 11.5. The maximum atomic E-state index is 11.5. The van der Waals surface area contributed by atoms with Crippen molar-refractivity contribution in [3.05, 3.63) is 0 Å². The Labute approximate surface area is 86.4 Å². The maximum absolute atomic E-state index is 11.5. The Morgan fingerprint density at radius 1 is 1.57 bits per heavy atom. The molecule has 14 heavy (non-hydrogen) atoms. The number of carbonyl (C=O) groups excluding carboxylic acids is 1. The molecule has 0 spiro atoms. The van der Waals surface area contributed by atoms with Gasteiger partial charge in [0.15, 0.2) is 0 Å². The van der Waals surface area contributed by atoms with Gasteiger partial charge in [-0.2, -0.15) is 0 Å². The first-order valence-electron chi connectivity index (χ1n) is 5.75. The van der Waals surface area contributed by atoms with Crippen molar-refractivity contribution in [3.63, 3.8) is 0 Å². The monoisotopic (exact) mass is 198 g/mol. The summed E-state index contributed by atoms with van der Waals surface area (Å²) in [5.74, 6) is 1.01. The highest BCUT2D eigenvalue weighted by molar-refractivity contribution is 5.78. The van der Waals surface area contributed by atoms with Crippen LogP contribution in [0.4, 0.5) is 0 Å². The summed E-state index contributed by atoms with van der Waals surface area (Å²) in [5.41, 5.74) is 5.49. The van der Waals surface area contributed by atoms with Crippen LogP contribution in [0, 0.1) is 11.8 Å². The normalized spacial score (nSPS) is 18.7. The Morgan fingerprint density at radius 3 is 2.71 bits per heavy atom. The summed E-state index contributed by atoms with van der Waals surface area (Å²) in [4.78, 5) is 11.5. The molecule has 0 aromatic rings. The van der Waals surface area contributed by atoms with E-state index in [2.05, 4.69) is 5.32 Å². The molecule has 1 amide bonds. The molecule has 0 saturated heterocycles. The van der Waals surface area contributed by atoms with Crippen molar-refractivity contribution in [2.75, 3.05) is 13.1 Å². The molecule has 1 aliphatic rings. The van der Waals surface area contributed by atoms with E-state index in [0.717, 1.165) is 25.3 Å². The van der Waals surface area contributed by atoms with Crippen molar-refractivity contribution in [3.8, 4) is 0 Å². The molecule has 1 saturated carbocycles. The van der Waals surface area contributed by atoms with E-state index in [1.165, 1.54) is 19.3 Å². The van der Waals surface area contributed by atoms with Crippen LogP contribution in [0.5, 0.6) is 0 Å². The minimum absolute atomic E-state index is 0.0105. The van der Waals surface area contributed by atoms with Crippen molar-refractivity contribution < 1.29 is 4.79 Å². The summed E-state index contributed by atoms with van der Waals surface area (Å²) < 4.78 is 0. The lowest BCUT2D eigenvalue weighted by Crippen LogP contribution is -2.36. The van der Waals surface area contributed by atoms with Crippen LogP contribution >= 0.6 is 0 Å². The van der Waals surface area contributed by atoms with Crippen LogP contribution < -0.4 is 11.1 Å². The first-order valence-corrected chi connectivity index (χ1v) is 5.75. The summed E-state index contributed by atoms with van der Waals surface area (Å²) in [5, 5.41) is 2.96. The third kappa shape index (κ3) is 3.29. The fraction of sp³-hybridized carbons (Fsp3) is 0.909. The number of amides is 1. The van der Waals surface area contributed by atoms with E-state index in [4.69, 9.17) is 5.73 Å². The average molecular weight is 198 g/mol. The van der Waals surface area contributed by atoms with Crippen molar-refractivity contribution >= 4 is 5.91 Å². The zero-order valence-corrected chi connectivity index (χ0v) is 9.09. The highest BCUT2D eigenvalue weighted by atomic mass is 16.1. The molecule has 1 unspecified atom stereocenters. The van der Waals surface area contributed by atoms with Gasteiger partial charge in [0.1, 0.15) is 0 Å². The Hall–Kier alpha value is -0.570. The summed E-state index contributed by atoms with van der Waals surface area (Å²) in [6.07, 6.45) is 6.06. The number of carbonyl (C=O) groups is 1. The van der Waals surface area contributed by atoms with E-state index in [1.807, 2.05) is 6.92 Å². The molecule has 82 valence electrons. The van der Waals surface area contributed by atoms with Crippen LogP contribution in [0.2, 0.25) is 0 Å². The lowest BCUT2D eigenvalue weighted by molar-refractivity contribution is -0.124. The van der Waals surface area contributed by atoms with Gasteiger partial charge in [0, 0.05) is 19.0 Å². The van der Waals surface area contributed by atoms with E-state index in [-0.39, 0.29) is 11.8 Å². The van der Waals surface area contributed by atoms with Gasteiger partial charge in [-0.15, -0.1) is 0 Å². The average Bonchev–Trinajstić information content (AvgIpc) is 2.11. The van der Waals surface area contributed by atoms with E-state index in [1.54, 1.807) is 0 Å².